The van der Waals surface area contributed by atoms with Crippen LogP contribution in [0.3, 0.4) is 0 Å². The molecule has 118 valence electrons. The number of quaternary nitrogens is 1. The minimum absolute atomic E-state index is 0.104. The first-order chi connectivity index (χ1) is 11.7. The second-order valence-electron chi connectivity index (χ2n) is 5.63. The van der Waals surface area contributed by atoms with Gasteiger partial charge in [-0.3, -0.25) is 5.32 Å². The molecule has 0 spiro atoms. The van der Waals surface area contributed by atoms with E-state index in [1.807, 2.05) is 12.2 Å². The minimum Gasteiger partial charge on any atom is -0.504 e. The summed E-state index contributed by atoms with van der Waals surface area (Å²) in [5.41, 5.74) is 2.09. The van der Waals surface area contributed by atoms with E-state index in [9.17, 15) is 10.2 Å². The zero-order valence-electron chi connectivity index (χ0n) is 12.8. The molecule has 4 N–H and O–H groups in total. The van der Waals surface area contributed by atoms with Gasteiger partial charge in [0, 0.05) is 17.5 Å². The summed E-state index contributed by atoms with van der Waals surface area (Å²) in [6, 6.07) is 17.5. The zero-order chi connectivity index (χ0) is 16.5. The van der Waals surface area contributed by atoms with Gasteiger partial charge in [0.25, 0.3) is 0 Å². The summed E-state index contributed by atoms with van der Waals surface area (Å²) >= 11 is 1.77. The molecule has 3 nitrogen and oxygen atoms in total. The van der Waals surface area contributed by atoms with Crippen LogP contribution in [0, 0.1) is 0 Å². The van der Waals surface area contributed by atoms with Crippen molar-refractivity contribution >= 4 is 34.3 Å². The first-order valence-electron chi connectivity index (χ1n) is 7.65. The van der Waals surface area contributed by atoms with Crippen LogP contribution in [-0.2, 0) is 0 Å². The Morgan fingerprint density at radius 3 is 2.67 bits per heavy atom. The van der Waals surface area contributed by atoms with E-state index in [4.69, 9.17) is 0 Å². The van der Waals surface area contributed by atoms with E-state index in [0.29, 0.717) is 0 Å². The third kappa shape index (κ3) is 2.77. The molecule has 0 radical (unpaired) electrons. The molecule has 0 fully saturated rings. The van der Waals surface area contributed by atoms with Crippen LogP contribution in [0.4, 0.5) is 5.69 Å². The molecule has 4 heteroatoms. The second kappa shape index (κ2) is 6.07. The van der Waals surface area contributed by atoms with Gasteiger partial charge in [0.05, 0.1) is 4.90 Å². The van der Waals surface area contributed by atoms with Crippen molar-refractivity contribution in [2.24, 2.45) is 0 Å². The number of hydrogen-bond donors (Lipinski definition) is 3. The summed E-state index contributed by atoms with van der Waals surface area (Å²) in [5.74, 6) is -0.210. The lowest BCUT2D eigenvalue weighted by Crippen LogP contribution is -2.72. The number of aromatic hydroxyl groups is 2. The number of nitrogens with two attached hydrogens (primary N) is 1. The quantitative estimate of drug-likeness (QED) is 0.488. The van der Waals surface area contributed by atoms with E-state index >= 15 is 0 Å². The second-order valence-corrected chi connectivity index (χ2v) is 6.71. The van der Waals surface area contributed by atoms with Gasteiger partial charge in [0.15, 0.2) is 16.5 Å². The van der Waals surface area contributed by atoms with Gasteiger partial charge in [-0.2, -0.15) is 0 Å². The van der Waals surface area contributed by atoms with Gasteiger partial charge in [0.1, 0.15) is 5.69 Å². The summed E-state index contributed by atoms with van der Waals surface area (Å²) in [5, 5.41) is 24.8. The topological polar surface area (TPSA) is 57.1 Å². The molecule has 0 atom stereocenters. The monoisotopic (exact) mass is 334 g/mol. The largest absolute Gasteiger partial charge is 0.504 e. The fraction of sp³-hybridized carbons (Fsp3) is 0. The van der Waals surface area contributed by atoms with E-state index in [-0.39, 0.29) is 11.5 Å². The van der Waals surface area contributed by atoms with E-state index in [1.54, 1.807) is 17.8 Å². The molecule has 0 saturated carbocycles. The van der Waals surface area contributed by atoms with Crippen LogP contribution >= 0.6 is 11.8 Å². The van der Waals surface area contributed by atoms with Crippen LogP contribution < -0.4 is 5.32 Å². The molecule has 0 amide bonds. The van der Waals surface area contributed by atoms with E-state index in [2.05, 4.69) is 47.8 Å². The number of fused-ring (bicyclic) bond motifs is 3. The third-order valence-electron chi connectivity index (χ3n) is 3.98. The molecule has 0 bridgehead atoms. The normalized spacial score (nSPS) is 15.4. The number of rotatable bonds is 2. The zero-order valence-corrected chi connectivity index (χ0v) is 13.6. The lowest BCUT2D eigenvalue weighted by atomic mass is 10.1. The Balaban J connectivity index is 1.58. The molecule has 4 rings (SSSR count). The van der Waals surface area contributed by atoms with Crippen molar-refractivity contribution in [2.75, 3.05) is 0 Å². The van der Waals surface area contributed by atoms with Crippen LogP contribution in [-0.4, -0.2) is 10.2 Å². The number of benzene rings is 3. The van der Waals surface area contributed by atoms with Crippen molar-refractivity contribution in [1.29, 1.82) is 0 Å². The van der Waals surface area contributed by atoms with Gasteiger partial charge >= 0.3 is 0 Å². The maximum Gasteiger partial charge on any atom is 0.174 e. The predicted molar refractivity (Wildman–Crippen MR) is 98.3 cm³/mol. The predicted octanol–water partition coefficient (Wildman–Crippen LogP) is 4.11. The average Bonchev–Trinajstić information content (AvgIpc) is 3.01. The number of phenols is 2. The van der Waals surface area contributed by atoms with Crippen LogP contribution in [0.5, 0.6) is 11.5 Å². The fourth-order valence-electron chi connectivity index (χ4n) is 2.77. The van der Waals surface area contributed by atoms with Gasteiger partial charge in [-0.1, -0.05) is 42.5 Å². The molecule has 0 aromatic heterocycles. The molecule has 0 unspecified atom stereocenters. The molecule has 0 aliphatic carbocycles. The van der Waals surface area contributed by atoms with Gasteiger partial charge in [0.2, 0.25) is 0 Å². The highest BCUT2D eigenvalue weighted by molar-refractivity contribution is 8.03. The molecule has 1 aliphatic rings. The fourth-order valence-corrected chi connectivity index (χ4v) is 3.88. The number of phenolic OH excluding ortho intramolecular Hbond substituents is 2. The Morgan fingerprint density at radius 1 is 0.917 bits per heavy atom. The summed E-state index contributed by atoms with van der Waals surface area (Å²) < 4.78 is 0. The van der Waals surface area contributed by atoms with E-state index in [0.717, 1.165) is 5.56 Å². The minimum atomic E-state index is -0.106. The Kier molecular flexibility index (Phi) is 3.76. The molecule has 24 heavy (non-hydrogen) atoms. The van der Waals surface area contributed by atoms with Crippen molar-refractivity contribution < 1.29 is 15.5 Å². The van der Waals surface area contributed by atoms with Gasteiger partial charge in [-0.05, 0) is 40.9 Å². The van der Waals surface area contributed by atoms with Gasteiger partial charge < -0.3 is 10.2 Å². The van der Waals surface area contributed by atoms with Crippen molar-refractivity contribution in [2.45, 2.75) is 4.90 Å². The molecule has 1 heterocycles. The number of hydrogen-bond acceptors (Lipinski definition) is 3. The van der Waals surface area contributed by atoms with Gasteiger partial charge in [-0.25, -0.2) is 0 Å². The van der Waals surface area contributed by atoms with E-state index in [1.165, 1.54) is 38.5 Å². The van der Waals surface area contributed by atoms with Crippen molar-refractivity contribution in [1.82, 2.24) is 0 Å². The Labute approximate surface area is 144 Å². The highest BCUT2D eigenvalue weighted by atomic mass is 32.2. The Bertz CT molecular complexity index is 992. The maximum absolute atomic E-state index is 9.52. The highest BCUT2D eigenvalue weighted by Gasteiger charge is 2.22. The first kappa shape index (κ1) is 14.9. The van der Waals surface area contributed by atoms with E-state index < -0.39 is 0 Å². The van der Waals surface area contributed by atoms with Crippen molar-refractivity contribution in [3.05, 3.63) is 77.3 Å². The van der Waals surface area contributed by atoms with Crippen molar-refractivity contribution in [3.63, 3.8) is 0 Å². The van der Waals surface area contributed by atoms with Crippen LogP contribution in [0.1, 0.15) is 5.56 Å². The summed E-state index contributed by atoms with van der Waals surface area (Å²) in [4.78, 5) is 1.30. The molecular weight excluding hydrogens is 318 g/mol. The Hall–Kier alpha value is -2.69. The SMILES string of the molecule is Oc1ccc(C=CC=C2[NH2+]c3ccc4ccccc4c3S2)cc1O. The molecule has 3 aromatic carbocycles. The average molecular weight is 334 g/mol. The Morgan fingerprint density at radius 2 is 1.79 bits per heavy atom. The maximum atomic E-state index is 9.52. The highest BCUT2D eigenvalue weighted by Crippen LogP contribution is 2.39. The molecule has 3 aromatic rings. The molecule has 1 aliphatic heterocycles. The van der Waals surface area contributed by atoms with Gasteiger partial charge in [-0.15, -0.1) is 0 Å². The summed E-state index contributed by atoms with van der Waals surface area (Å²) in [7, 11) is 0. The number of thioether (sulfide) groups is 1. The summed E-state index contributed by atoms with van der Waals surface area (Å²) in [6.07, 6.45) is 5.92. The smallest absolute Gasteiger partial charge is 0.174 e. The molecule has 0 saturated heterocycles. The lowest BCUT2D eigenvalue weighted by molar-refractivity contribution is -0.502. The molecular formula is C20H16NO2S+. The third-order valence-corrected chi connectivity index (χ3v) is 5.13. The lowest BCUT2D eigenvalue weighted by Gasteiger charge is -1.99. The first-order valence-corrected chi connectivity index (χ1v) is 8.47. The van der Waals surface area contributed by atoms with Crippen molar-refractivity contribution in [3.8, 4) is 11.5 Å². The summed E-state index contributed by atoms with van der Waals surface area (Å²) in [6.45, 7) is 0. The van der Waals surface area contributed by atoms with Crippen LogP contribution in [0.25, 0.3) is 16.8 Å². The standard InChI is InChI=1S/C20H15NO2S/c22-17-11-8-13(12-18(17)23)4-3-7-19-21-16-10-9-14-5-1-2-6-15(14)20(16)24-19/h1-12,21-23H/p+1. The number of allylic oxidation sites excluding steroid dienone is 2. The van der Waals surface area contributed by atoms with Crippen LogP contribution in [0.2, 0.25) is 0 Å². The van der Waals surface area contributed by atoms with Crippen LogP contribution in [0.15, 0.2) is 76.7 Å².